The van der Waals surface area contributed by atoms with Gasteiger partial charge in [-0.05, 0) is 36.8 Å². The van der Waals surface area contributed by atoms with Crippen molar-refractivity contribution in [1.82, 2.24) is 0 Å². The number of amides is 1. The molecule has 0 unspecified atom stereocenters. The zero-order chi connectivity index (χ0) is 19.8. The van der Waals surface area contributed by atoms with Crippen LogP contribution in [0.5, 0.6) is 5.75 Å². The van der Waals surface area contributed by atoms with Crippen LogP contribution in [0.3, 0.4) is 0 Å². The largest absolute Gasteiger partial charge is 0.480 e. The molecule has 0 aliphatic heterocycles. The van der Waals surface area contributed by atoms with Crippen molar-refractivity contribution in [3.05, 3.63) is 58.6 Å². The van der Waals surface area contributed by atoms with E-state index in [1.807, 2.05) is 13.0 Å². The number of carbonyl (C=O) groups excluding carboxylic acids is 3. The zero-order valence-corrected chi connectivity index (χ0v) is 15.5. The number of carbonyl (C=O) groups is 3. The molecule has 0 atom stereocenters. The maximum Gasteiger partial charge on any atom is 0.344 e. The van der Waals surface area contributed by atoms with E-state index in [0.717, 1.165) is 5.56 Å². The van der Waals surface area contributed by atoms with Crippen LogP contribution < -0.4 is 10.1 Å². The lowest BCUT2D eigenvalue weighted by atomic mass is 10.2. The first-order valence-corrected chi connectivity index (χ1v) is 8.30. The number of ether oxygens (including phenoxy) is 3. The molecular formula is C19H18ClNO6. The van der Waals surface area contributed by atoms with E-state index < -0.39 is 31.1 Å². The highest BCUT2D eigenvalue weighted by Crippen LogP contribution is 2.25. The molecule has 27 heavy (non-hydrogen) atoms. The summed E-state index contributed by atoms with van der Waals surface area (Å²) < 4.78 is 14.8. The number of nitrogens with one attached hydrogen (secondary N) is 1. The van der Waals surface area contributed by atoms with Crippen molar-refractivity contribution >= 4 is 35.1 Å². The lowest BCUT2D eigenvalue weighted by molar-refractivity contribution is -0.149. The Kier molecular flexibility index (Phi) is 7.19. The molecule has 0 aliphatic carbocycles. The number of esters is 2. The maximum atomic E-state index is 12.0. The molecule has 1 N–H and O–H groups in total. The van der Waals surface area contributed by atoms with Gasteiger partial charge in [0.05, 0.1) is 23.4 Å². The van der Waals surface area contributed by atoms with Gasteiger partial charge in [0, 0.05) is 0 Å². The van der Waals surface area contributed by atoms with Gasteiger partial charge < -0.3 is 19.5 Å². The minimum Gasteiger partial charge on any atom is -0.480 e. The fourth-order valence-electron chi connectivity index (χ4n) is 2.11. The van der Waals surface area contributed by atoms with Gasteiger partial charge in [-0.15, -0.1) is 0 Å². The van der Waals surface area contributed by atoms with Crippen molar-refractivity contribution in [3.8, 4) is 5.75 Å². The topological polar surface area (TPSA) is 90.9 Å². The van der Waals surface area contributed by atoms with Gasteiger partial charge in [0.1, 0.15) is 5.75 Å². The van der Waals surface area contributed by atoms with Gasteiger partial charge in [-0.3, -0.25) is 4.79 Å². The third-order valence-electron chi connectivity index (χ3n) is 3.40. The molecule has 2 aromatic carbocycles. The summed E-state index contributed by atoms with van der Waals surface area (Å²) in [5, 5.41) is 2.86. The smallest absolute Gasteiger partial charge is 0.344 e. The normalized spacial score (nSPS) is 10.0. The quantitative estimate of drug-likeness (QED) is 0.729. The lowest BCUT2D eigenvalue weighted by Crippen LogP contribution is -2.24. The van der Waals surface area contributed by atoms with E-state index in [2.05, 4.69) is 10.1 Å². The maximum absolute atomic E-state index is 12.0. The average Bonchev–Trinajstić information content (AvgIpc) is 2.67. The van der Waals surface area contributed by atoms with Gasteiger partial charge >= 0.3 is 11.9 Å². The van der Waals surface area contributed by atoms with Crippen molar-refractivity contribution in [3.63, 3.8) is 0 Å². The predicted molar refractivity (Wildman–Crippen MR) is 99.1 cm³/mol. The molecule has 0 spiro atoms. The molecule has 0 aliphatic rings. The Morgan fingerprint density at radius 1 is 1.07 bits per heavy atom. The van der Waals surface area contributed by atoms with Crippen LogP contribution in [0.2, 0.25) is 5.02 Å². The Hall–Kier alpha value is -3.06. The molecule has 0 heterocycles. The summed E-state index contributed by atoms with van der Waals surface area (Å²) in [6.07, 6.45) is 0. The standard InChI is InChI=1S/C19H18ClNO6/c1-12-7-8-14(20)16(9-12)26-11-18(23)27-10-17(22)21-15-6-4-3-5-13(15)19(24)25-2/h3-9H,10-11H2,1-2H3,(H,21,22). The minimum atomic E-state index is -0.732. The van der Waals surface area contributed by atoms with Crippen LogP contribution in [0.4, 0.5) is 5.69 Å². The van der Waals surface area contributed by atoms with Crippen LogP contribution in [-0.2, 0) is 19.1 Å². The SMILES string of the molecule is COC(=O)c1ccccc1NC(=O)COC(=O)COc1cc(C)ccc1Cl. The Bertz CT molecular complexity index is 852. The van der Waals surface area contributed by atoms with Crippen LogP contribution in [0.15, 0.2) is 42.5 Å². The average molecular weight is 392 g/mol. The number of hydrogen-bond acceptors (Lipinski definition) is 6. The van der Waals surface area contributed by atoms with E-state index in [0.29, 0.717) is 10.8 Å². The van der Waals surface area contributed by atoms with Crippen LogP contribution in [0, 0.1) is 6.92 Å². The van der Waals surface area contributed by atoms with Gasteiger partial charge in [0.25, 0.3) is 5.91 Å². The Morgan fingerprint density at radius 2 is 1.81 bits per heavy atom. The third-order valence-corrected chi connectivity index (χ3v) is 3.72. The molecule has 0 saturated carbocycles. The Balaban J connectivity index is 1.84. The highest BCUT2D eigenvalue weighted by atomic mass is 35.5. The summed E-state index contributed by atoms with van der Waals surface area (Å²) in [6.45, 7) is 0.937. The molecule has 0 aromatic heterocycles. The van der Waals surface area contributed by atoms with E-state index in [9.17, 15) is 14.4 Å². The summed E-state index contributed by atoms with van der Waals surface area (Å²) in [4.78, 5) is 35.4. The van der Waals surface area contributed by atoms with Crippen molar-refractivity contribution < 1.29 is 28.6 Å². The highest BCUT2D eigenvalue weighted by molar-refractivity contribution is 6.32. The molecule has 1 amide bonds. The second-order valence-corrected chi connectivity index (χ2v) is 5.88. The molecule has 142 valence electrons. The Labute approximate surface area is 161 Å². The first-order valence-electron chi connectivity index (χ1n) is 7.92. The van der Waals surface area contributed by atoms with Crippen LogP contribution in [-0.4, -0.2) is 38.2 Å². The molecular weight excluding hydrogens is 374 g/mol. The van der Waals surface area contributed by atoms with Gasteiger partial charge in [0.15, 0.2) is 13.2 Å². The van der Waals surface area contributed by atoms with E-state index >= 15 is 0 Å². The molecule has 8 heteroatoms. The number of benzene rings is 2. The van der Waals surface area contributed by atoms with Gasteiger partial charge in [-0.2, -0.15) is 0 Å². The first-order chi connectivity index (χ1) is 12.9. The zero-order valence-electron chi connectivity index (χ0n) is 14.8. The summed E-state index contributed by atoms with van der Waals surface area (Å²) in [7, 11) is 1.24. The number of aryl methyl sites for hydroxylation is 1. The number of hydrogen-bond donors (Lipinski definition) is 1. The Morgan fingerprint density at radius 3 is 2.56 bits per heavy atom. The van der Waals surface area contributed by atoms with E-state index in [1.165, 1.54) is 19.2 Å². The van der Waals surface area contributed by atoms with E-state index in [1.54, 1.807) is 24.3 Å². The van der Waals surface area contributed by atoms with Crippen LogP contribution in [0.25, 0.3) is 0 Å². The summed E-state index contributed by atoms with van der Waals surface area (Å²) in [5.74, 6) is -1.58. The van der Waals surface area contributed by atoms with Crippen molar-refractivity contribution in [2.75, 3.05) is 25.6 Å². The van der Waals surface area contributed by atoms with Crippen molar-refractivity contribution in [1.29, 1.82) is 0 Å². The third kappa shape index (κ3) is 6.00. The molecule has 2 aromatic rings. The molecule has 0 bridgehead atoms. The summed E-state index contributed by atoms with van der Waals surface area (Å²) in [5.41, 5.74) is 1.37. The van der Waals surface area contributed by atoms with Gasteiger partial charge in [0.2, 0.25) is 0 Å². The molecule has 0 fully saturated rings. The number of methoxy groups -OCH3 is 1. The van der Waals surface area contributed by atoms with Gasteiger partial charge in [-0.1, -0.05) is 29.8 Å². The van der Waals surface area contributed by atoms with E-state index in [-0.39, 0.29) is 11.3 Å². The molecule has 0 radical (unpaired) electrons. The fourth-order valence-corrected chi connectivity index (χ4v) is 2.28. The van der Waals surface area contributed by atoms with Gasteiger partial charge in [-0.25, -0.2) is 9.59 Å². The first kappa shape index (κ1) is 20.3. The monoisotopic (exact) mass is 391 g/mol. The summed E-state index contributed by atoms with van der Waals surface area (Å²) >= 11 is 5.97. The summed E-state index contributed by atoms with van der Waals surface area (Å²) in [6, 6.07) is 11.5. The fraction of sp³-hybridized carbons (Fsp3) is 0.211. The molecule has 7 nitrogen and oxygen atoms in total. The van der Waals surface area contributed by atoms with E-state index in [4.69, 9.17) is 21.1 Å². The number of halogens is 1. The van der Waals surface area contributed by atoms with Crippen molar-refractivity contribution in [2.24, 2.45) is 0 Å². The number of rotatable bonds is 7. The minimum absolute atomic E-state index is 0.192. The lowest BCUT2D eigenvalue weighted by Gasteiger charge is -2.11. The number of para-hydroxylation sites is 1. The van der Waals surface area contributed by atoms with Crippen LogP contribution in [0.1, 0.15) is 15.9 Å². The second kappa shape index (κ2) is 9.59. The molecule has 0 saturated heterocycles. The predicted octanol–water partition coefficient (Wildman–Crippen LogP) is 3.00. The van der Waals surface area contributed by atoms with Crippen molar-refractivity contribution in [2.45, 2.75) is 6.92 Å². The van der Waals surface area contributed by atoms with Crippen LogP contribution >= 0.6 is 11.6 Å². The number of anilines is 1. The second-order valence-electron chi connectivity index (χ2n) is 5.47. The highest BCUT2D eigenvalue weighted by Gasteiger charge is 2.15. The molecule has 2 rings (SSSR count).